The highest BCUT2D eigenvalue weighted by atomic mass is 32.2. The molecule has 1 heterocycles. The maximum absolute atomic E-state index is 12.7. The topological polar surface area (TPSA) is 63.7 Å². The third-order valence-electron chi connectivity index (χ3n) is 3.86. The van der Waals surface area contributed by atoms with E-state index in [4.69, 9.17) is 0 Å². The summed E-state index contributed by atoms with van der Waals surface area (Å²) in [5.41, 5.74) is 1.03. The second-order valence-electron chi connectivity index (χ2n) is 5.34. The van der Waals surface area contributed by atoms with Crippen molar-refractivity contribution < 1.29 is 17.9 Å². The van der Waals surface area contributed by atoms with Crippen LogP contribution in [0.25, 0.3) is 0 Å². The number of rotatable bonds is 5. The number of sulfonamides is 1. The van der Waals surface area contributed by atoms with Crippen molar-refractivity contribution in [1.82, 2.24) is 4.31 Å². The number of nitrogens with zero attached hydrogens (tertiary/aromatic N) is 1. The zero-order valence-electron chi connectivity index (χ0n) is 12.4. The molecule has 0 N–H and O–H groups in total. The molecule has 0 amide bonds. The van der Waals surface area contributed by atoms with Crippen molar-refractivity contribution in [1.29, 1.82) is 0 Å². The highest BCUT2D eigenvalue weighted by Gasteiger charge is 2.35. The lowest BCUT2D eigenvalue weighted by molar-refractivity contribution is -0.140. The lowest BCUT2D eigenvalue weighted by Crippen LogP contribution is -2.35. The first kappa shape index (κ1) is 16.0. The molecule has 0 spiro atoms. The standard InChI is InChI=1S/C15H21NO4S/c1-12-5-8-14(9-6-12)21(18,19)16-11-3-4-13(16)7-10-15(17)20-2/h5-6,8-9,13H,3-4,7,10-11H2,1-2H3. The lowest BCUT2D eigenvalue weighted by atomic mass is 10.1. The van der Waals surface area contributed by atoms with Gasteiger partial charge in [-0.3, -0.25) is 4.79 Å². The molecule has 1 aromatic rings. The van der Waals surface area contributed by atoms with Crippen molar-refractivity contribution in [2.45, 2.75) is 43.5 Å². The van der Waals surface area contributed by atoms with E-state index in [0.717, 1.165) is 18.4 Å². The maximum Gasteiger partial charge on any atom is 0.305 e. The normalized spacial score (nSPS) is 19.6. The Bertz CT molecular complexity index is 595. The maximum atomic E-state index is 12.7. The summed E-state index contributed by atoms with van der Waals surface area (Å²) in [6, 6.07) is 6.76. The molecular weight excluding hydrogens is 290 g/mol. The van der Waals surface area contributed by atoms with E-state index >= 15 is 0 Å². The molecule has 0 radical (unpaired) electrons. The van der Waals surface area contributed by atoms with Crippen molar-refractivity contribution in [2.75, 3.05) is 13.7 Å². The highest BCUT2D eigenvalue weighted by molar-refractivity contribution is 7.89. The van der Waals surface area contributed by atoms with Gasteiger partial charge in [0.05, 0.1) is 12.0 Å². The summed E-state index contributed by atoms with van der Waals surface area (Å²) < 4.78 is 31.5. The zero-order chi connectivity index (χ0) is 15.5. The third kappa shape index (κ3) is 3.63. The number of esters is 1. The Labute approximate surface area is 126 Å². The zero-order valence-corrected chi connectivity index (χ0v) is 13.2. The Morgan fingerprint density at radius 1 is 1.33 bits per heavy atom. The number of hydrogen-bond donors (Lipinski definition) is 0. The molecule has 0 aliphatic carbocycles. The van der Waals surface area contributed by atoms with Crippen LogP contribution in [0.3, 0.4) is 0 Å². The number of aryl methyl sites for hydroxylation is 1. The molecular formula is C15H21NO4S. The molecule has 1 unspecified atom stereocenters. The number of carbonyl (C=O) groups is 1. The molecule has 1 aliphatic rings. The third-order valence-corrected chi connectivity index (χ3v) is 5.83. The molecule has 1 fully saturated rings. The van der Waals surface area contributed by atoms with Gasteiger partial charge in [-0.05, 0) is 38.3 Å². The van der Waals surface area contributed by atoms with Crippen molar-refractivity contribution in [2.24, 2.45) is 0 Å². The van der Waals surface area contributed by atoms with Crippen LogP contribution in [-0.4, -0.2) is 38.4 Å². The van der Waals surface area contributed by atoms with Crippen molar-refractivity contribution in [3.8, 4) is 0 Å². The van der Waals surface area contributed by atoms with Crippen LogP contribution in [0.5, 0.6) is 0 Å². The second kappa shape index (κ2) is 6.58. The SMILES string of the molecule is COC(=O)CCC1CCCN1S(=O)(=O)c1ccc(C)cc1. The number of benzene rings is 1. The fraction of sp³-hybridized carbons (Fsp3) is 0.533. The van der Waals surface area contributed by atoms with Crippen LogP contribution < -0.4 is 0 Å². The van der Waals surface area contributed by atoms with Gasteiger partial charge in [0.1, 0.15) is 0 Å². The Hall–Kier alpha value is -1.40. The first-order valence-corrected chi connectivity index (χ1v) is 8.54. The molecule has 5 nitrogen and oxygen atoms in total. The molecule has 21 heavy (non-hydrogen) atoms. The molecule has 2 rings (SSSR count). The van der Waals surface area contributed by atoms with Gasteiger partial charge in [-0.15, -0.1) is 0 Å². The van der Waals surface area contributed by atoms with E-state index in [0.29, 0.717) is 17.9 Å². The van der Waals surface area contributed by atoms with Crippen molar-refractivity contribution in [3.05, 3.63) is 29.8 Å². The van der Waals surface area contributed by atoms with Gasteiger partial charge >= 0.3 is 5.97 Å². The van der Waals surface area contributed by atoms with Gasteiger partial charge in [0.25, 0.3) is 0 Å². The Morgan fingerprint density at radius 3 is 2.62 bits per heavy atom. The van der Waals surface area contributed by atoms with Crippen LogP contribution in [0, 0.1) is 6.92 Å². The van der Waals surface area contributed by atoms with Gasteiger partial charge < -0.3 is 4.74 Å². The predicted octanol–water partition coefficient (Wildman–Crippen LogP) is 2.10. The average Bonchev–Trinajstić information content (AvgIpc) is 2.94. The van der Waals surface area contributed by atoms with Gasteiger partial charge in [-0.1, -0.05) is 17.7 Å². The van der Waals surface area contributed by atoms with Crippen molar-refractivity contribution >= 4 is 16.0 Å². The van der Waals surface area contributed by atoms with Gasteiger partial charge in [-0.25, -0.2) is 8.42 Å². The van der Waals surface area contributed by atoms with E-state index in [1.807, 2.05) is 6.92 Å². The monoisotopic (exact) mass is 311 g/mol. The summed E-state index contributed by atoms with van der Waals surface area (Å²) in [7, 11) is -2.13. The summed E-state index contributed by atoms with van der Waals surface area (Å²) in [4.78, 5) is 11.6. The Morgan fingerprint density at radius 2 is 2.00 bits per heavy atom. The molecule has 1 aliphatic heterocycles. The van der Waals surface area contributed by atoms with E-state index in [2.05, 4.69) is 4.74 Å². The van der Waals surface area contributed by atoms with Crippen LogP contribution >= 0.6 is 0 Å². The minimum Gasteiger partial charge on any atom is -0.469 e. The van der Waals surface area contributed by atoms with E-state index in [9.17, 15) is 13.2 Å². The number of hydrogen-bond acceptors (Lipinski definition) is 4. The van der Waals surface area contributed by atoms with Crippen LogP contribution in [0.2, 0.25) is 0 Å². The van der Waals surface area contributed by atoms with E-state index in [1.165, 1.54) is 11.4 Å². The summed E-state index contributed by atoms with van der Waals surface area (Å²) in [5.74, 6) is -0.297. The number of carbonyl (C=O) groups excluding carboxylic acids is 1. The minimum atomic E-state index is -3.48. The summed E-state index contributed by atoms with van der Waals surface area (Å²) in [5, 5.41) is 0. The number of methoxy groups -OCH3 is 1. The first-order chi connectivity index (χ1) is 9.95. The van der Waals surface area contributed by atoms with Crippen LogP contribution in [0.4, 0.5) is 0 Å². The van der Waals surface area contributed by atoms with Gasteiger partial charge in [0, 0.05) is 19.0 Å². The molecule has 0 bridgehead atoms. The predicted molar refractivity (Wildman–Crippen MR) is 79.3 cm³/mol. The number of ether oxygens (including phenoxy) is 1. The van der Waals surface area contributed by atoms with E-state index in [-0.39, 0.29) is 18.4 Å². The molecule has 1 aromatic carbocycles. The van der Waals surface area contributed by atoms with E-state index < -0.39 is 10.0 Å². The largest absolute Gasteiger partial charge is 0.469 e. The van der Waals surface area contributed by atoms with E-state index in [1.54, 1.807) is 24.3 Å². The van der Waals surface area contributed by atoms with Crippen LogP contribution in [-0.2, 0) is 19.6 Å². The summed E-state index contributed by atoms with van der Waals surface area (Å²) >= 11 is 0. The smallest absolute Gasteiger partial charge is 0.305 e. The average molecular weight is 311 g/mol. The Kier molecular flexibility index (Phi) is 5.00. The van der Waals surface area contributed by atoms with Crippen LogP contribution in [0.1, 0.15) is 31.2 Å². The lowest BCUT2D eigenvalue weighted by Gasteiger charge is -2.23. The Balaban J connectivity index is 2.14. The van der Waals surface area contributed by atoms with Crippen LogP contribution in [0.15, 0.2) is 29.2 Å². The highest BCUT2D eigenvalue weighted by Crippen LogP contribution is 2.28. The quantitative estimate of drug-likeness (QED) is 0.781. The molecule has 0 saturated carbocycles. The molecule has 1 saturated heterocycles. The van der Waals surface area contributed by atoms with Gasteiger partial charge in [0.15, 0.2) is 0 Å². The minimum absolute atomic E-state index is 0.115. The van der Waals surface area contributed by atoms with Gasteiger partial charge in [-0.2, -0.15) is 4.31 Å². The van der Waals surface area contributed by atoms with Gasteiger partial charge in [0.2, 0.25) is 10.0 Å². The molecule has 0 aromatic heterocycles. The molecule has 6 heteroatoms. The second-order valence-corrected chi connectivity index (χ2v) is 7.23. The molecule has 1 atom stereocenters. The van der Waals surface area contributed by atoms with Crippen molar-refractivity contribution in [3.63, 3.8) is 0 Å². The summed E-state index contributed by atoms with van der Waals surface area (Å²) in [6.07, 6.45) is 2.39. The summed E-state index contributed by atoms with van der Waals surface area (Å²) in [6.45, 7) is 2.44. The fourth-order valence-corrected chi connectivity index (χ4v) is 4.37. The molecule has 116 valence electrons. The first-order valence-electron chi connectivity index (χ1n) is 7.10. The fourth-order valence-electron chi connectivity index (χ4n) is 2.65.